The van der Waals surface area contributed by atoms with E-state index in [0.717, 1.165) is 25.3 Å². The van der Waals surface area contributed by atoms with Crippen LogP contribution in [0.15, 0.2) is 33.7 Å². The van der Waals surface area contributed by atoms with Crippen LogP contribution < -0.4 is 0 Å². The van der Waals surface area contributed by atoms with Crippen LogP contribution >= 0.6 is 0 Å². The lowest BCUT2D eigenvalue weighted by Crippen LogP contribution is -2.35. The third-order valence-corrected chi connectivity index (χ3v) is 7.46. The molecular formula is C18H22FN3O3S. The molecule has 0 radical (unpaired) electrons. The summed E-state index contributed by atoms with van der Waals surface area (Å²) in [5.74, 6) is 0.913. The highest BCUT2D eigenvalue weighted by Crippen LogP contribution is 2.50. The molecule has 6 nitrogen and oxygen atoms in total. The SMILES string of the molecule is CC(C)c1nc([C@@]23CCC[C@@H]2CN(S(=O)(=O)c2cccc(F)c2)C3)no1. The average Bonchev–Trinajstić information content (AvgIpc) is 3.28. The van der Waals surface area contributed by atoms with E-state index >= 15 is 0 Å². The van der Waals surface area contributed by atoms with Crippen molar-refractivity contribution >= 4 is 10.0 Å². The van der Waals surface area contributed by atoms with Gasteiger partial charge in [-0.2, -0.15) is 9.29 Å². The van der Waals surface area contributed by atoms with Crippen molar-refractivity contribution in [3.8, 4) is 0 Å². The fraction of sp³-hybridized carbons (Fsp3) is 0.556. The Bertz CT molecular complexity index is 927. The monoisotopic (exact) mass is 379 g/mol. The molecule has 4 rings (SSSR count). The van der Waals surface area contributed by atoms with Gasteiger partial charge in [-0.15, -0.1) is 0 Å². The Kier molecular flexibility index (Phi) is 4.15. The first-order chi connectivity index (χ1) is 12.3. The van der Waals surface area contributed by atoms with E-state index in [2.05, 4.69) is 10.1 Å². The van der Waals surface area contributed by atoms with E-state index in [9.17, 15) is 12.8 Å². The summed E-state index contributed by atoms with van der Waals surface area (Å²) in [6, 6.07) is 5.17. The number of benzene rings is 1. The lowest BCUT2D eigenvalue weighted by atomic mass is 9.80. The predicted molar refractivity (Wildman–Crippen MR) is 92.6 cm³/mol. The predicted octanol–water partition coefficient (Wildman–Crippen LogP) is 3.07. The van der Waals surface area contributed by atoms with Crippen LogP contribution in [0.1, 0.15) is 50.7 Å². The summed E-state index contributed by atoms with van der Waals surface area (Å²) in [7, 11) is -3.75. The van der Waals surface area contributed by atoms with E-state index in [1.807, 2.05) is 13.8 Å². The van der Waals surface area contributed by atoms with Crippen LogP contribution in [0.4, 0.5) is 4.39 Å². The number of halogens is 1. The normalized spacial score (nSPS) is 26.5. The number of hydrogen-bond acceptors (Lipinski definition) is 5. The molecule has 140 valence electrons. The maximum atomic E-state index is 13.5. The van der Waals surface area contributed by atoms with E-state index in [4.69, 9.17) is 4.52 Å². The summed E-state index contributed by atoms with van der Waals surface area (Å²) in [4.78, 5) is 4.56. The summed E-state index contributed by atoms with van der Waals surface area (Å²) >= 11 is 0. The largest absolute Gasteiger partial charge is 0.339 e. The molecule has 0 spiro atoms. The molecule has 1 aliphatic carbocycles. The maximum Gasteiger partial charge on any atom is 0.243 e. The van der Waals surface area contributed by atoms with Gasteiger partial charge in [0.15, 0.2) is 5.82 Å². The number of fused-ring (bicyclic) bond motifs is 1. The van der Waals surface area contributed by atoms with Crippen molar-refractivity contribution in [2.75, 3.05) is 13.1 Å². The lowest BCUT2D eigenvalue weighted by molar-refractivity contribution is 0.324. The van der Waals surface area contributed by atoms with E-state index in [0.29, 0.717) is 24.8 Å². The number of aromatic nitrogens is 2. The Morgan fingerprint density at radius 3 is 2.88 bits per heavy atom. The van der Waals surface area contributed by atoms with Gasteiger partial charge in [0.05, 0.1) is 10.3 Å². The Morgan fingerprint density at radius 2 is 2.19 bits per heavy atom. The minimum Gasteiger partial charge on any atom is -0.339 e. The highest BCUT2D eigenvalue weighted by Gasteiger charge is 2.56. The van der Waals surface area contributed by atoms with Crippen molar-refractivity contribution in [1.29, 1.82) is 0 Å². The first-order valence-corrected chi connectivity index (χ1v) is 10.4. The van der Waals surface area contributed by atoms with Gasteiger partial charge in [0.1, 0.15) is 5.82 Å². The van der Waals surface area contributed by atoms with E-state index < -0.39 is 21.3 Å². The van der Waals surface area contributed by atoms with Gasteiger partial charge >= 0.3 is 0 Å². The second-order valence-electron chi connectivity index (χ2n) is 7.61. The Morgan fingerprint density at radius 1 is 1.38 bits per heavy atom. The van der Waals surface area contributed by atoms with E-state index in [1.54, 1.807) is 0 Å². The molecule has 1 saturated carbocycles. The van der Waals surface area contributed by atoms with E-state index in [1.165, 1.54) is 22.5 Å². The van der Waals surface area contributed by atoms with Gasteiger partial charge in [-0.1, -0.05) is 31.5 Å². The van der Waals surface area contributed by atoms with Crippen LogP contribution in [-0.2, 0) is 15.4 Å². The summed E-state index contributed by atoms with van der Waals surface area (Å²) < 4.78 is 46.4. The summed E-state index contributed by atoms with van der Waals surface area (Å²) in [5, 5.41) is 4.19. The fourth-order valence-corrected chi connectivity index (χ4v) is 5.83. The van der Waals surface area contributed by atoms with Gasteiger partial charge in [-0.3, -0.25) is 0 Å². The van der Waals surface area contributed by atoms with Crippen LogP contribution in [0.2, 0.25) is 0 Å². The summed E-state index contributed by atoms with van der Waals surface area (Å²) in [6.45, 7) is 4.69. The molecule has 1 saturated heterocycles. The minimum atomic E-state index is -3.75. The van der Waals surface area contributed by atoms with Crippen LogP contribution in [0, 0.1) is 11.7 Å². The van der Waals surface area contributed by atoms with Crippen molar-refractivity contribution < 1.29 is 17.3 Å². The molecule has 26 heavy (non-hydrogen) atoms. The molecule has 1 aromatic carbocycles. The second kappa shape index (κ2) is 6.13. The van der Waals surface area contributed by atoms with Crippen molar-refractivity contribution in [3.05, 3.63) is 41.8 Å². The molecule has 2 aliphatic rings. The molecule has 8 heteroatoms. The highest BCUT2D eigenvalue weighted by molar-refractivity contribution is 7.89. The quantitative estimate of drug-likeness (QED) is 0.816. The zero-order valence-corrected chi connectivity index (χ0v) is 15.7. The molecule has 1 aliphatic heterocycles. The maximum absolute atomic E-state index is 13.5. The molecule has 0 unspecified atom stereocenters. The second-order valence-corrected chi connectivity index (χ2v) is 9.55. The molecule has 0 amide bonds. The molecule has 2 fully saturated rings. The first kappa shape index (κ1) is 17.6. The first-order valence-electron chi connectivity index (χ1n) is 8.93. The topological polar surface area (TPSA) is 76.3 Å². The summed E-state index contributed by atoms with van der Waals surface area (Å²) in [5.41, 5.74) is -0.406. The Labute approximate surface area is 152 Å². The zero-order valence-electron chi connectivity index (χ0n) is 14.9. The zero-order chi connectivity index (χ0) is 18.5. The highest BCUT2D eigenvalue weighted by atomic mass is 32.2. The Balaban J connectivity index is 1.68. The Hall–Kier alpha value is -1.80. The number of sulfonamides is 1. The van der Waals surface area contributed by atoms with Gasteiger partial charge in [0.25, 0.3) is 0 Å². The number of nitrogens with zero attached hydrogens (tertiary/aromatic N) is 3. The summed E-state index contributed by atoms with van der Waals surface area (Å²) in [6.07, 6.45) is 2.79. The van der Waals surface area contributed by atoms with Gasteiger partial charge in [0.2, 0.25) is 15.9 Å². The molecule has 2 aromatic rings. The molecule has 2 heterocycles. The molecule has 2 atom stereocenters. The van der Waals surface area contributed by atoms with Crippen LogP contribution in [0.25, 0.3) is 0 Å². The average molecular weight is 379 g/mol. The standard InChI is InChI=1S/C18H22FN3O3S/c1-12(2)16-20-17(21-25-16)18-8-4-5-13(18)10-22(11-18)26(23,24)15-7-3-6-14(19)9-15/h3,6-7,9,12-13H,4-5,8,10-11H2,1-2H3/t13-,18-/m1/s1. The van der Waals surface area contributed by atoms with E-state index in [-0.39, 0.29) is 16.7 Å². The van der Waals surface area contributed by atoms with Gasteiger partial charge in [-0.25, -0.2) is 12.8 Å². The fourth-order valence-electron chi connectivity index (χ4n) is 4.24. The van der Waals surface area contributed by atoms with Crippen LogP contribution in [0.3, 0.4) is 0 Å². The lowest BCUT2D eigenvalue weighted by Gasteiger charge is -2.24. The van der Waals surface area contributed by atoms with Gasteiger partial charge < -0.3 is 4.52 Å². The third kappa shape index (κ3) is 2.66. The molecule has 0 bridgehead atoms. The molecule has 0 N–H and O–H groups in total. The van der Waals surface area contributed by atoms with Crippen LogP contribution in [0.5, 0.6) is 0 Å². The van der Waals surface area contributed by atoms with Crippen molar-refractivity contribution in [3.63, 3.8) is 0 Å². The van der Waals surface area contributed by atoms with Crippen molar-refractivity contribution in [2.24, 2.45) is 5.92 Å². The van der Waals surface area contributed by atoms with Crippen molar-refractivity contribution in [1.82, 2.24) is 14.4 Å². The molecular weight excluding hydrogens is 357 g/mol. The van der Waals surface area contributed by atoms with Crippen LogP contribution in [-0.4, -0.2) is 36.0 Å². The third-order valence-electron chi connectivity index (χ3n) is 5.65. The van der Waals surface area contributed by atoms with Gasteiger partial charge in [0, 0.05) is 19.0 Å². The van der Waals surface area contributed by atoms with Crippen molar-refractivity contribution in [2.45, 2.75) is 49.3 Å². The number of hydrogen-bond donors (Lipinski definition) is 0. The smallest absolute Gasteiger partial charge is 0.243 e. The minimum absolute atomic E-state index is 0.0106. The number of rotatable bonds is 4. The van der Waals surface area contributed by atoms with Gasteiger partial charge in [-0.05, 0) is 37.0 Å². The molecule has 1 aromatic heterocycles.